The highest BCUT2D eigenvalue weighted by atomic mass is 32.1. The molecule has 4 nitrogen and oxygen atoms in total. The molecule has 8 heteroatoms. The van der Waals surface area contributed by atoms with E-state index in [1.807, 2.05) is 18.3 Å². The number of nitrogens with one attached hydrogen (secondary N) is 1. The molecule has 1 aliphatic heterocycles. The van der Waals surface area contributed by atoms with E-state index >= 15 is 0 Å². The van der Waals surface area contributed by atoms with E-state index in [2.05, 4.69) is 27.5 Å². The fourth-order valence-electron chi connectivity index (χ4n) is 4.30. The molecule has 5 rings (SSSR count). The van der Waals surface area contributed by atoms with Crippen molar-refractivity contribution in [3.05, 3.63) is 87.5 Å². The summed E-state index contributed by atoms with van der Waals surface area (Å²) in [5.74, 6) is -0.546. The number of hydrogen-bond acceptors (Lipinski definition) is 5. The smallest absolute Gasteiger partial charge is 0.126 e. The number of piperidine rings is 1. The summed E-state index contributed by atoms with van der Waals surface area (Å²) in [6.45, 7) is 2.65. The fraction of sp³-hybridized carbons (Fsp3) is 0.269. The topological polar surface area (TPSA) is 42.7 Å². The van der Waals surface area contributed by atoms with Gasteiger partial charge in [-0.05, 0) is 74.2 Å². The Morgan fingerprint density at radius 1 is 1.00 bits per heavy atom. The van der Waals surface area contributed by atoms with Crippen LogP contribution in [0.1, 0.15) is 23.3 Å². The van der Waals surface area contributed by atoms with Crippen LogP contribution in [0.4, 0.5) is 8.78 Å². The molecule has 1 aliphatic rings. The normalized spacial score (nSPS) is 14.4. The van der Waals surface area contributed by atoms with Crippen molar-refractivity contribution in [2.24, 2.45) is 5.92 Å². The Kier molecular flexibility index (Phi) is 6.89. The van der Waals surface area contributed by atoms with E-state index in [1.165, 1.54) is 29.9 Å². The predicted octanol–water partition coefficient (Wildman–Crippen LogP) is 6.27. The molecule has 0 saturated carbocycles. The van der Waals surface area contributed by atoms with E-state index in [1.54, 1.807) is 28.2 Å². The van der Waals surface area contributed by atoms with Gasteiger partial charge in [0.2, 0.25) is 0 Å². The van der Waals surface area contributed by atoms with Crippen molar-refractivity contribution in [1.29, 1.82) is 0 Å². The Balaban J connectivity index is 1.36. The van der Waals surface area contributed by atoms with E-state index < -0.39 is 11.6 Å². The van der Waals surface area contributed by atoms with Gasteiger partial charge in [0.1, 0.15) is 21.3 Å². The summed E-state index contributed by atoms with van der Waals surface area (Å²) >= 11 is 7.21. The van der Waals surface area contributed by atoms with Crippen molar-refractivity contribution in [3.63, 3.8) is 0 Å². The second kappa shape index (κ2) is 10.2. The van der Waals surface area contributed by atoms with Gasteiger partial charge in [-0.15, -0.1) is 11.3 Å². The van der Waals surface area contributed by atoms with Gasteiger partial charge in [-0.2, -0.15) is 5.10 Å². The lowest BCUT2D eigenvalue weighted by Crippen LogP contribution is -2.28. The van der Waals surface area contributed by atoms with Crippen LogP contribution in [0.2, 0.25) is 0 Å². The standard InChI is InChI=1S/C26H24F2N4S2/c27-21-12-20(13-22(28)14-21)24-4-5-25(33)32(31-24)16-18-2-1-3-19(10-18)26-30-15-23(34-26)11-17-6-8-29-9-7-17/h1-5,10,12-15,17,29H,6-9,11,16H2. The summed E-state index contributed by atoms with van der Waals surface area (Å²) in [4.78, 5) is 6.00. The van der Waals surface area contributed by atoms with Crippen LogP contribution in [0.5, 0.6) is 0 Å². The highest BCUT2D eigenvalue weighted by Gasteiger charge is 2.15. The molecule has 0 bridgehead atoms. The Morgan fingerprint density at radius 2 is 1.79 bits per heavy atom. The van der Waals surface area contributed by atoms with Gasteiger partial charge in [-0.3, -0.25) is 0 Å². The minimum Gasteiger partial charge on any atom is -0.317 e. The molecule has 174 valence electrons. The third-order valence-electron chi connectivity index (χ3n) is 6.03. The zero-order chi connectivity index (χ0) is 23.5. The third kappa shape index (κ3) is 5.46. The minimum absolute atomic E-state index is 0.374. The van der Waals surface area contributed by atoms with Gasteiger partial charge in [-0.1, -0.05) is 30.4 Å². The number of nitrogens with zero attached hydrogens (tertiary/aromatic N) is 3. The predicted molar refractivity (Wildman–Crippen MR) is 134 cm³/mol. The fourth-order valence-corrected chi connectivity index (χ4v) is 5.50. The van der Waals surface area contributed by atoms with Crippen LogP contribution in [0.3, 0.4) is 0 Å². The molecule has 3 heterocycles. The molecule has 0 atom stereocenters. The molecular weight excluding hydrogens is 470 g/mol. The first-order chi connectivity index (χ1) is 16.5. The molecular formula is C26H24F2N4S2. The SMILES string of the molecule is Fc1cc(F)cc(-c2ccc(=S)n(Cc3cccc(-c4ncc(CC5CCNCC5)s4)c3)n2)c1. The number of aromatic nitrogens is 3. The van der Waals surface area contributed by atoms with Gasteiger partial charge in [0.25, 0.3) is 0 Å². The monoisotopic (exact) mass is 494 g/mol. The Hall–Kier alpha value is -2.81. The van der Waals surface area contributed by atoms with Gasteiger partial charge in [0.15, 0.2) is 0 Å². The van der Waals surface area contributed by atoms with Crippen LogP contribution in [0.25, 0.3) is 21.8 Å². The molecule has 34 heavy (non-hydrogen) atoms. The van der Waals surface area contributed by atoms with Crippen molar-refractivity contribution >= 4 is 23.6 Å². The minimum atomic E-state index is -0.638. The lowest BCUT2D eigenvalue weighted by Gasteiger charge is -2.21. The highest BCUT2D eigenvalue weighted by Crippen LogP contribution is 2.29. The van der Waals surface area contributed by atoms with Gasteiger partial charge >= 0.3 is 0 Å². The summed E-state index contributed by atoms with van der Waals surface area (Å²) in [5.41, 5.74) is 2.93. The van der Waals surface area contributed by atoms with Crippen LogP contribution in [-0.4, -0.2) is 27.9 Å². The Morgan fingerprint density at radius 3 is 2.59 bits per heavy atom. The average molecular weight is 495 g/mol. The summed E-state index contributed by atoms with van der Waals surface area (Å²) in [6.07, 6.45) is 5.54. The van der Waals surface area contributed by atoms with E-state index in [4.69, 9.17) is 12.2 Å². The quantitative estimate of drug-likeness (QED) is 0.321. The van der Waals surface area contributed by atoms with Crippen LogP contribution < -0.4 is 5.32 Å². The number of rotatable bonds is 6. The van der Waals surface area contributed by atoms with Gasteiger partial charge < -0.3 is 5.32 Å². The number of thiazole rings is 1. The average Bonchev–Trinajstić information content (AvgIpc) is 3.29. The third-order valence-corrected chi connectivity index (χ3v) is 7.45. The Bertz CT molecular complexity index is 1340. The van der Waals surface area contributed by atoms with Gasteiger partial charge in [-0.25, -0.2) is 18.4 Å². The van der Waals surface area contributed by atoms with Crippen molar-refractivity contribution in [3.8, 4) is 21.8 Å². The second-order valence-electron chi connectivity index (χ2n) is 8.60. The lowest BCUT2D eigenvalue weighted by molar-refractivity contribution is 0.374. The van der Waals surface area contributed by atoms with Crippen LogP contribution in [0.15, 0.2) is 60.8 Å². The van der Waals surface area contributed by atoms with E-state index in [0.29, 0.717) is 22.4 Å². The van der Waals surface area contributed by atoms with Gasteiger partial charge in [0, 0.05) is 28.3 Å². The molecule has 0 spiro atoms. The first-order valence-electron chi connectivity index (χ1n) is 11.3. The molecule has 1 N–H and O–H groups in total. The summed E-state index contributed by atoms with van der Waals surface area (Å²) < 4.78 is 29.6. The summed E-state index contributed by atoms with van der Waals surface area (Å²) in [6, 6.07) is 15.0. The Labute approximate surface area is 206 Å². The van der Waals surface area contributed by atoms with Crippen molar-refractivity contribution in [2.45, 2.75) is 25.8 Å². The lowest BCUT2D eigenvalue weighted by atomic mass is 9.94. The molecule has 4 aromatic rings. The highest BCUT2D eigenvalue weighted by molar-refractivity contribution is 7.71. The zero-order valence-electron chi connectivity index (χ0n) is 18.5. The van der Waals surface area contributed by atoms with E-state index in [9.17, 15) is 8.78 Å². The van der Waals surface area contributed by atoms with Crippen molar-refractivity contribution < 1.29 is 8.78 Å². The van der Waals surface area contributed by atoms with Crippen LogP contribution in [-0.2, 0) is 13.0 Å². The zero-order valence-corrected chi connectivity index (χ0v) is 20.1. The van der Waals surface area contributed by atoms with Gasteiger partial charge in [0.05, 0.1) is 12.2 Å². The molecule has 1 saturated heterocycles. The molecule has 2 aromatic carbocycles. The van der Waals surface area contributed by atoms with E-state index in [0.717, 1.165) is 47.6 Å². The molecule has 0 unspecified atom stereocenters. The first-order valence-corrected chi connectivity index (χ1v) is 12.6. The van der Waals surface area contributed by atoms with Crippen molar-refractivity contribution in [1.82, 2.24) is 20.1 Å². The molecule has 1 fully saturated rings. The molecule has 2 aromatic heterocycles. The first kappa shape index (κ1) is 23.0. The van der Waals surface area contributed by atoms with Crippen molar-refractivity contribution in [2.75, 3.05) is 13.1 Å². The molecule has 0 radical (unpaired) electrons. The second-order valence-corrected chi connectivity index (χ2v) is 10.1. The summed E-state index contributed by atoms with van der Waals surface area (Å²) in [5, 5.41) is 8.98. The maximum Gasteiger partial charge on any atom is 0.126 e. The van der Waals surface area contributed by atoms with Crippen LogP contribution in [0, 0.1) is 22.2 Å². The summed E-state index contributed by atoms with van der Waals surface area (Å²) in [7, 11) is 0. The molecule has 0 aliphatic carbocycles. The number of halogens is 2. The maximum atomic E-state index is 13.7. The largest absolute Gasteiger partial charge is 0.317 e. The maximum absolute atomic E-state index is 13.7. The number of hydrogen-bond donors (Lipinski definition) is 1. The van der Waals surface area contributed by atoms with Crippen LogP contribution >= 0.6 is 23.6 Å². The van der Waals surface area contributed by atoms with E-state index in [-0.39, 0.29) is 0 Å². The molecule has 0 amide bonds. The number of benzene rings is 2.